The number of unbranched alkanes of at least 4 members (excludes halogenated alkanes) is 1. The summed E-state index contributed by atoms with van der Waals surface area (Å²) < 4.78 is 48.0. The lowest BCUT2D eigenvalue weighted by molar-refractivity contribution is -0.137. The molecule has 0 aliphatic rings. The molecule has 0 unspecified atom stereocenters. The highest BCUT2D eigenvalue weighted by molar-refractivity contribution is 6.30. The minimum absolute atomic E-state index is 0.0706. The number of hydrogen-bond acceptors (Lipinski definition) is 5. The molecule has 1 radical (unpaired) electrons. The number of nitrogens with zero attached hydrogens (tertiary/aromatic N) is 3. The highest BCUT2D eigenvalue weighted by Crippen LogP contribution is 2.40. The minimum atomic E-state index is -4.54. The number of anilines is 1. The van der Waals surface area contributed by atoms with Gasteiger partial charge in [-0.1, -0.05) is 41.9 Å². The third-order valence-corrected chi connectivity index (χ3v) is 6.28. The zero-order valence-electron chi connectivity index (χ0n) is 21.9. The van der Waals surface area contributed by atoms with Gasteiger partial charge >= 0.3 is 6.18 Å². The first-order valence-corrected chi connectivity index (χ1v) is 12.9. The standard InChI is InChI=1S/C30H29ClF3N4O/c1-20-17-24(39-28-13-15-36-29(37-28)35-14-4-5-16-38(2)3)10-12-25(20)22-9-11-26(27(19-22)30(32,33)34)21-7-6-8-23(31)18-21/h6-13,15,18-19H,4-5,14,16H2,1-3H3,(H,35,36,37). The van der Waals surface area contributed by atoms with Gasteiger partial charge in [-0.05, 0) is 92.5 Å². The Kier molecular flexibility index (Phi) is 9.09. The van der Waals surface area contributed by atoms with Crippen molar-refractivity contribution in [3.63, 3.8) is 0 Å². The van der Waals surface area contributed by atoms with Gasteiger partial charge in [-0.25, -0.2) is 4.98 Å². The fourth-order valence-corrected chi connectivity index (χ4v) is 4.34. The highest BCUT2D eigenvalue weighted by Gasteiger charge is 2.34. The molecule has 1 heterocycles. The summed E-state index contributed by atoms with van der Waals surface area (Å²) in [6, 6.07) is 18.8. The van der Waals surface area contributed by atoms with Gasteiger partial charge in [-0.15, -0.1) is 0 Å². The zero-order chi connectivity index (χ0) is 28.0. The van der Waals surface area contributed by atoms with E-state index in [0.717, 1.165) is 32.0 Å². The molecule has 0 aliphatic heterocycles. The molecular formula is C30H29ClF3N4O. The normalized spacial score (nSPS) is 11.6. The molecule has 0 fully saturated rings. The summed E-state index contributed by atoms with van der Waals surface area (Å²) in [5, 5.41) is 3.57. The van der Waals surface area contributed by atoms with Crippen LogP contribution in [-0.4, -0.2) is 42.1 Å². The number of benzene rings is 3. The van der Waals surface area contributed by atoms with Crippen LogP contribution in [0.1, 0.15) is 24.0 Å². The van der Waals surface area contributed by atoms with E-state index in [2.05, 4.69) is 26.3 Å². The third-order valence-electron chi connectivity index (χ3n) is 6.05. The van der Waals surface area contributed by atoms with Crippen molar-refractivity contribution in [2.24, 2.45) is 0 Å². The molecule has 1 aromatic heterocycles. The number of halogens is 4. The average Bonchev–Trinajstić information content (AvgIpc) is 2.88. The SMILES string of the molecule is Cc1[c]c(Oc2ccnc(NCCCCN(C)C)n2)ccc1-c1ccc(-c2cccc(Cl)c2)c(C(F)(F)F)c1. The molecule has 4 rings (SSSR count). The summed E-state index contributed by atoms with van der Waals surface area (Å²) in [4.78, 5) is 10.7. The summed E-state index contributed by atoms with van der Waals surface area (Å²) in [5.74, 6) is 1.21. The maximum atomic E-state index is 14.0. The van der Waals surface area contributed by atoms with Crippen LogP contribution in [0.25, 0.3) is 22.3 Å². The Balaban J connectivity index is 1.51. The number of nitrogens with one attached hydrogen (secondary N) is 1. The lowest BCUT2D eigenvalue weighted by Gasteiger charge is -2.16. The maximum Gasteiger partial charge on any atom is 0.417 e. The second kappa shape index (κ2) is 12.5. The number of alkyl halides is 3. The molecule has 9 heteroatoms. The van der Waals surface area contributed by atoms with E-state index in [9.17, 15) is 13.2 Å². The van der Waals surface area contributed by atoms with E-state index in [1.165, 1.54) is 12.1 Å². The fraction of sp³-hybridized carbons (Fsp3) is 0.267. The maximum absolute atomic E-state index is 14.0. The Hall–Kier alpha value is -3.62. The van der Waals surface area contributed by atoms with Gasteiger partial charge in [0.1, 0.15) is 5.75 Å². The topological polar surface area (TPSA) is 50.3 Å². The number of aromatic nitrogens is 2. The van der Waals surface area contributed by atoms with E-state index in [0.29, 0.717) is 44.9 Å². The Bertz CT molecular complexity index is 1430. The number of hydrogen-bond donors (Lipinski definition) is 1. The molecule has 0 saturated carbocycles. The number of ether oxygens (including phenoxy) is 1. The molecule has 0 bridgehead atoms. The van der Waals surface area contributed by atoms with Crippen molar-refractivity contribution < 1.29 is 17.9 Å². The van der Waals surface area contributed by atoms with Crippen molar-refractivity contribution in [1.29, 1.82) is 0 Å². The van der Waals surface area contributed by atoms with Crippen LogP contribution in [0.4, 0.5) is 19.1 Å². The minimum Gasteiger partial charge on any atom is -0.438 e. The first-order chi connectivity index (χ1) is 18.6. The largest absolute Gasteiger partial charge is 0.438 e. The first kappa shape index (κ1) is 28.4. The molecule has 1 N–H and O–H groups in total. The van der Waals surface area contributed by atoms with E-state index in [-0.39, 0.29) is 5.56 Å². The van der Waals surface area contributed by atoms with E-state index in [1.54, 1.807) is 55.6 Å². The number of rotatable bonds is 10. The van der Waals surface area contributed by atoms with Crippen LogP contribution in [0.3, 0.4) is 0 Å². The summed E-state index contributed by atoms with van der Waals surface area (Å²) in [7, 11) is 4.08. The van der Waals surface area contributed by atoms with Crippen molar-refractivity contribution in [2.75, 3.05) is 32.5 Å². The Morgan fingerprint density at radius 2 is 1.74 bits per heavy atom. The van der Waals surface area contributed by atoms with E-state index < -0.39 is 11.7 Å². The number of aryl methyl sites for hydroxylation is 1. The zero-order valence-corrected chi connectivity index (χ0v) is 22.7. The van der Waals surface area contributed by atoms with Crippen molar-refractivity contribution >= 4 is 17.5 Å². The Morgan fingerprint density at radius 1 is 0.974 bits per heavy atom. The summed E-state index contributed by atoms with van der Waals surface area (Å²) in [6.45, 7) is 3.54. The van der Waals surface area contributed by atoms with Crippen LogP contribution in [0.15, 0.2) is 66.9 Å². The molecule has 0 saturated heterocycles. The van der Waals surface area contributed by atoms with Gasteiger partial charge < -0.3 is 15.0 Å². The van der Waals surface area contributed by atoms with Gasteiger partial charge in [0.25, 0.3) is 0 Å². The lowest BCUT2D eigenvalue weighted by atomic mass is 9.93. The molecule has 203 valence electrons. The van der Waals surface area contributed by atoms with Crippen LogP contribution < -0.4 is 10.1 Å². The molecule has 0 atom stereocenters. The van der Waals surface area contributed by atoms with Crippen LogP contribution in [0, 0.1) is 13.0 Å². The van der Waals surface area contributed by atoms with E-state index >= 15 is 0 Å². The smallest absolute Gasteiger partial charge is 0.417 e. The van der Waals surface area contributed by atoms with Crippen molar-refractivity contribution in [3.05, 3.63) is 89.1 Å². The monoisotopic (exact) mass is 553 g/mol. The third kappa shape index (κ3) is 7.71. The Labute approximate surface area is 231 Å². The molecule has 39 heavy (non-hydrogen) atoms. The molecule has 5 nitrogen and oxygen atoms in total. The predicted molar refractivity (Wildman–Crippen MR) is 149 cm³/mol. The first-order valence-electron chi connectivity index (χ1n) is 12.5. The molecule has 4 aromatic rings. The van der Waals surface area contributed by atoms with E-state index in [1.807, 2.05) is 14.1 Å². The second-order valence-corrected chi connectivity index (χ2v) is 9.82. The lowest BCUT2D eigenvalue weighted by Crippen LogP contribution is -2.14. The molecule has 0 amide bonds. The summed E-state index contributed by atoms with van der Waals surface area (Å²) in [6.07, 6.45) is -0.896. The highest BCUT2D eigenvalue weighted by atomic mass is 35.5. The van der Waals surface area contributed by atoms with Crippen molar-refractivity contribution in [1.82, 2.24) is 14.9 Å². The van der Waals surface area contributed by atoms with Crippen LogP contribution in [0.5, 0.6) is 11.6 Å². The second-order valence-electron chi connectivity index (χ2n) is 9.39. The predicted octanol–water partition coefficient (Wildman–Crippen LogP) is 8.14. The molecular weight excluding hydrogens is 525 g/mol. The fourth-order valence-electron chi connectivity index (χ4n) is 4.15. The molecule has 0 spiro atoms. The van der Waals surface area contributed by atoms with Gasteiger partial charge in [0.15, 0.2) is 0 Å². The summed E-state index contributed by atoms with van der Waals surface area (Å²) >= 11 is 6.02. The quantitative estimate of drug-likeness (QED) is 0.201. The van der Waals surface area contributed by atoms with Crippen LogP contribution >= 0.6 is 11.6 Å². The van der Waals surface area contributed by atoms with Crippen LogP contribution in [0.2, 0.25) is 5.02 Å². The van der Waals surface area contributed by atoms with Crippen LogP contribution in [-0.2, 0) is 6.18 Å². The van der Waals surface area contributed by atoms with Gasteiger partial charge in [-0.2, -0.15) is 18.2 Å². The van der Waals surface area contributed by atoms with Gasteiger partial charge in [0.05, 0.1) is 5.56 Å². The molecule has 3 aromatic carbocycles. The average molecular weight is 554 g/mol. The van der Waals surface area contributed by atoms with Gasteiger partial charge in [0.2, 0.25) is 11.8 Å². The van der Waals surface area contributed by atoms with E-state index in [4.69, 9.17) is 16.3 Å². The molecule has 0 aliphatic carbocycles. The van der Waals surface area contributed by atoms with Gasteiger partial charge in [-0.3, -0.25) is 0 Å². The summed E-state index contributed by atoms with van der Waals surface area (Å²) in [5.41, 5.74) is 1.43. The van der Waals surface area contributed by atoms with Gasteiger partial charge in [0, 0.05) is 29.9 Å². The van der Waals surface area contributed by atoms with Crippen molar-refractivity contribution in [2.45, 2.75) is 25.9 Å². The Morgan fingerprint density at radius 3 is 2.46 bits per heavy atom. The van der Waals surface area contributed by atoms with Crippen molar-refractivity contribution in [3.8, 4) is 33.9 Å².